The highest BCUT2D eigenvalue weighted by molar-refractivity contribution is 6.53. The molecule has 2 atom stereocenters. The Morgan fingerprint density at radius 2 is 1.65 bits per heavy atom. The minimum Gasteiger partial charge on any atom is -0.326 e. The van der Waals surface area contributed by atoms with Crippen LogP contribution in [0.3, 0.4) is 0 Å². The van der Waals surface area contributed by atoms with Crippen molar-refractivity contribution in [3.05, 3.63) is 63.9 Å². The van der Waals surface area contributed by atoms with E-state index in [1.807, 2.05) is 0 Å². The second-order valence-corrected chi connectivity index (χ2v) is 9.47. The third-order valence-electron chi connectivity index (χ3n) is 5.11. The number of amides is 1. The van der Waals surface area contributed by atoms with Gasteiger partial charge in [0.15, 0.2) is 5.78 Å². The average Bonchev–Trinajstić information content (AvgIpc) is 3.28. The maximum absolute atomic E-state index is 13.8. The molecule has 2 unspecified atom stereocenters. The summed E-state index contributed by atoms with van der Waals surface area (Å²) in [4.78, 5) is 24.8. The Morgan fingerprint density at radius 1 is 1.00 bits per heavy atom. The van der Waals surface area contributed by atoms with Crippen molar-refractivity contribution < 1.29 is 40.3 Å². The molecule has 1 amide bonds. The molecular weight excluding hydrogens is 538 g/mol. The summed E-state index contributed by atoms with van der Waals surface area (Å²) in [6.45, 7) is 0. The van der Waals surface area contributed by atoms with Gasteiger partial charge in [0.05, 0.1) is 22.9 Å². The van der Waals surface area contributed by atoms with Crippen molar-refractivity contribution in [1.82, 2.24) is 0 Å². The van der Waals surface area contributed by atoms with Gasteiger partial charge in [0.1, 0.15) is 10.2 Å². The second-order valence-electron chi connectivity index (χ2n) is 7.62. The lowest BCUT2D eigenvalue weighted by atomic mass is 10.0. The molecule has 0 spiro atoms. The van der Waals surface area contributed by atoms with E-state index in [0.717, 1.165) is 12.1 Å². The summed E-state index contributed by atoms with van der Waals surface area (Å²) in [6, 6.07) is 5.21. The van der Waals surface area contributed by atoms with Crippen LogP contribution in [0.4, 0.5) is 36.4 Å². The Labute approximate surface area is 203 Å². The topological polar surface area (TPSA) is 46.2 Å². The number of halogens is 10. The second kappa shape index (κ2) is 9.20. The fourth-order valence-electron chi connectivity index (χ4n) is 3.45. The zero-order chi connectivity index (χ0) is 25.6. The monoisotopic (exact) mass is 549 g/mol. The van der Waals surface area contributed by atoms with Crippen LogP contribution in [0.2, 0.25) is 5.02 Å². The highest BCUT2D eigenvalue weighted by atomic mass is 35.5. The van der Waals surface area contributed by atoms with Gasteiger partial charge in [-0.25, -0.2) is 4.39 Å². The van der Waals surface area contributed by atoms with Gasteiger partial charge in [-0.15, -0.1) is 23.2 Å². The van der Waals surface area contributed by atoms with E-state index in [2.05, 4.69) is 5.32 Å². The number of Topliss-reactive ketones (excluding diaryl/α,β-unsaturated/α-hetero) is 1. The van der Waals surface area contributed by atoms with Gasteiger partial charge < -0.3 is 5.32 Å². The first-order valence-corrected chi connectivity index (χ1v) is 10.6. The van der Waals surface area contributed by atoms with Crippen LogP contribution in [0.1, 0.15) is 40.2 Å². The Morgan fingerprint density at radius 3 is 2.24 bits per heavy atom. The average molecular weight is 551 g/mol. The first-order chi connectivity index (χ1) is 15.5. The van der Waals surface area contributed by atoms with Gasteiger partial charge in [0.2, 0.25) is 5.91 Å². The van der Waals surface area contributed by atoms with Crippen LogP contribution >= 0.6 is 34.8 Å². The molecule has 1 aliphatic rings. The molecule has 3 nitrogen and oxygen atoms in total. The molecule has 3 rings (SSSR count). The van der Waals surface area contributed by atoms with Crippen molar-refractivity contribution in [3.63, 3.8) is 0 Å². The van der Waals surface area contributed by atoms with Crippen LogP contribution < -0.4 is 5.32 Å². The lowest BCUT2D eigenvalue weighted by Crippen LogP contribution is -2.17. The molecule has 2 aromatic rings. The van der Waals surface area contributed by atoms with Crippen LogP contribution in [0.15, 0.2) is 36.4 Å². The Hall–Kier alpha value is -2.04. The van der Waals surface area contributed by atoms with Crippen LogP contribution in [0.5, 0.6) is 0 Å². The molecule has 0 heterocycles. The van der Waals surface area contributed by atoms with Gasteiger partial charge in [-0.2, -0.15) is 26.3 Å². The molecule has 184 valence electrons. The summed E-state index contributed by atoms with van der Waals surface area (Å²) in [5.74, 6) is -5.42. The molecule has 2 aromatic carbocycles. The fourth-order valence-corrected chi connectivity index (χ4v) is 4.50. The van der Waals surface area contributed by atoms with Gasteiger partial charge in [-0.3, -0.25) is 9.59 Å². The highest BCUT2D eigenvalue weighted by Crippen LogP contribution is 2.65. The van der Waals surface area contributed by atoms with E-state index >= 15 is 0 Å². The predicted molar refractivity (Wildman–Crippen MR) is 112 cm³/mol. The van der Waals surface area contributed by atoms with E-state index < -0.39 is 64.4 Å². The molecule has 0 aromatic heterocycles. The first kappa shape index (κ1) is 26.6. The van der Waals surface area contributed by atoms with Gasteiger partial charge in [-0.05, 0) is 42.0 Å². The molecule has 0 aliphatic heterocycles. The third kappa shape index (κ3) is 5.95. The smallest absolute Gasteiger partial charge is 0.326 e. The van der Waals surface area contributed by atoms with E-state index in [4.69, 9.17) is 34.8 Å². The molecule has 1 N–H and O–H groups in total. The Bertz CT molecular complexity index is 1130. The number of benzene rings is 2. The summed E-state index contributed by atoms with van der Waals surface area (Å²) in [5, 5.41) is 2.22. The van der Waals surface area contributed by atoms with E-state index in [-0.39, 0.29) is 27.9 Å². The van der Waals surface area contributed by atoms with Gasteiger partial charge >= 0.3 is 12.4 Å². The Balaban J connectivity index is 1.79. The number of alkyl halides is 8. The van der Waals surface area contributed by atoms with Gasteiger partial charge in [-0.1, -0.05) is 11.6 Å². The van der Waals surface area contributed by atoms with Crippen LogP contribution in [0, 0.1) is 11.7 Å². The van der Waals surface area contributed by atoms with Crippen LogP contribution in [-0.2, 0) is 11.0 Å². The SMILES string of the molecule is O=C(CCC(F)(F)F)c1cc(NC(=O)C2C(c3cc(F)cc(C(F)(F)F)c3)C2(Cl)Cl)ccc1Cl. The van der Waals surface area contributed by atoms with E-state index in [0.29, 0.717) is 6.07 Å². The third-order valence-corrected chi connectivity index (χ3v) is 6.38. The summed E-state index contributed by atoms with van der Waals surface area (Å²) >= 11 is 18.1. The van der Waals surface area contributed by atoms with Crippen LogP contribution in [0.25, 0.3) is 0 Å². The quantitative estimate of drug-likeness (QED) is 0.229. The molecule has 0 saturated heterocycles. The number of rotatable bonds is 6. The molecular formula is C21H13Cl3F7NO2. The maximum atomic E-state index is 13.8. The first-order valence-electron chi connectivity index (χ1n) is 9.46. The molecule has 0 bridgehead atoms. The minimum absolute atomic E-state index is 0.0326. The standard InChI is InChI=1S/C21H13Cl3F7NO2/c22-14-2-1-12(8-13(14)15(33)3-4-19(26,27)28)32-18(34)17-16(20(17,23)24)9-5-10(21(29,30)31)7-11(25)6-9/h1-2,5-8,16-17H,3-4H2,(H,32,34). The number of ketones is 1. The molecule has 1 saturated carbocycles. The van der Waals surface area contributed by atoms with Gasteiger partial charge in [0, 0.05) is 23.6 Å². The van der Waals surface area contributed by atoms with Crippen molar-refractivity contribution in [2.45, 2.75) is 35.4 Å². The summed E-state index contributed by atoms with van der Waals surface area (Å²) < 4.78 is 88.1. The van der Waals surface area contributed by atoms with E-state index in [1.165, 1.54) is 12.1 Å². The fraction of sp³-hybridized carbons (Fsp3) is 0.333. The number of nitrogens with one attached hydrogen (secondary N) is 1. The Kier molecular flexibility index (Phi) is 7.19. The molecule has 13 heteroatoms. The van der Waals surface area contributed by atoms with E-state index in [1.54, 1.807) is 0 Å². The lowest BCUT2D eigenvalue weighted by Gasteiger charge is -2.10. The number of carbonyl (C=O) groups excluding carboxylic acids is 2. The largest absolute Gasteiger partial charge is 0.416 e. The number of hydrogen-bond donors (Lipinski definition) is 1. The van der Waals surface area contributed by atoms with E-state index in [9.17, 15) is 40.3 Å². The molecule has 1 fully saturated rings. The zero-order valence-corrected chi connectivity index (χ0v) is 18.9. The molecule has 1 aliphatic carbocycles. The van der Waals surface area contributed by atoms with Crippen molar-refractivity contribution in [1.29, 1.82) is 0 Å². The van der Waals surface area contributed by atoms with Crippen molar-refractivity contribution in [2.24, 2.45) is 5.92 Å². The lowest BCUT2D eigenvalue weighted by molar-refractivity contribution is -0.138. The number of carbonyl (C=O) groups is 2. The summed E-state index contributed by atoms with van der Waals surface area (Å²) in [5.41, 5.74) is -1.82. The van der Waals surface area contributed by atoms with Crippen LogP contribution in [-0.4, -0.2) is 22.2 Å². The minimum atomic E-state index is -4.84. The van der Waals surface area contributed by atoms with Crippen molar-refractivity contribution in [2.75, 3.05) is 5.32 Å². The number of hydrogen-bond acceptors (Lipinski definition) is 2. The maximum Gasteiger partial charge on any atom is 0.416 e. The van der Waals surface area contributed by atoms with Gasteiger partial charge in [0.25, 0.3) is 0 Å². The number of anilines is 1. The predicted octanol–water partition coefficient (Wildman–Crippen LogP) is 7.55. The molecule has 0 radical (unpaired) electrons. The zero-order valence-electron chi connectivity index (χ0n) is 16.6. The summed E-state index contributed by atoms with van der Waals surface area (Å²) in [7, 11) is 0. The molecule has 34 heavy (non-hydrogen) atoms. The summed E-state index contributed by atoms with van der Waals surface area (Å²) in [6.07, 6.45) is -11.6. The normalized spacial score (nSPS) is 19.6. The highest BCUT2D eigenvalue weighted by Gasteiger charge is 2.67. The van der Waals surface area contributed by atoms with Crippen molar-refractivity contribution in [3.8, 4) is 0 Å². The van der Waals surface area contributed by atoms with Crippen molar-refractivity contribution >= 4 is 52.2 Å².